The maximum Gasteiger partial charge on any atom is 0.354 e. The summed E-state index contributed by atoms with van der Waals surface area (Å²) in [6, 6.07) is 5.26. The van der Waals surface area contributed by atoms with Crippen molar-refractivity contribution in [2.75, 3.05) is 19.8 Å². The highest BCUT2D eigenvalue weighted by Gasteiger charge is 2.37. The molecule has 0 spiro atoms. The van der Waals surface area contributed by atoms with Crippen LogP contribution in [-0.2, 0) is 20.0 Å². The van der Waals surface area contributed by atoms with Gasteiger partial charge >= 0.3 is 5.97 Å². The highest BCUT2D eigenvalue weighted by molar-refractivity contribution is 5.92. The average molecular weight is 343 g/mol. The number of ether oxygens (including phenoxy) is 3. The molecule has 2 fully saturated rings. The Morgan fingerprint density at radius 3 is 2.64 bits per heavy atom. The molecule has 2 heterocycles. The number of pyridine rings is 1. The SMILES string of the molecule is CCOC(=O)c1cc(=O)c2cc(C3CC3)cc(C3(C)OCCO3)c2[nH]1. The summed E-state index contributed by atoms with van der Waals surface area (Å²) in [7, 11) is 0. The summed E-state index contributed by atoms with van der Waals surface area (Å²) in [6.07, 6.45) is 2.25. The molecule has 6 heteroatoms. The second-order valence-corrected chi connectivity index (χ2v) is 6.68. The first-order chi connectivity index (χ1) is 12.0. The molecule has 0 atom stereocenters. The monoisotopic (exact) mass is 343 g/mol. The first kappa shape index (κ1) is 16.3. The van der Waals surface area contributed by atoms with E-state index in [0.717, 1.165) is 24.0 Å². The van der Waals surface area contributed by atoms with E-state index in [1.54, 1.807) is 6.92 Å². The fourth-order valence-corrected chi connectivity index (χ4v) is 3.37. The Morgan fingerprint density at radius 2 is 2.00 bits per heavy atom. The van der Waals surface area contributed by atoms with Crippen molar-refractivity contribution in [3.63, 3.8) is 0 Å². The van der Waals surface area contributed by atoms with Crippen LogP contribution in [0.2, 0.25) is 0 Å². The maximum atomic E-state index is 12.7. The van der Waals surface area contributed by atoms with Crippen molar-refractivity contribution in [3.8, 4) is 0 Å². The predicted molar refractivity (Wildman–Crippen MR) is 91.8 cm³/mol. The van der Waals surface area contributed by atoms with Gasteiger partial charge in [0.2, 0.25) is 0 Å². The lowest BCUT2D eigenvalue weighted by Crippen LogP contribution is -2.25. The van der Waals surface area contributed by atoms with Gasteiger partial charge < -0.3 is 19.2 Å². The van der Waals surface area contributed by atoms with Gasteiger partial charge in [-0.2, -0.15) is 0 Å². The van der Waals surface area contributed by atoms with E-state index in [9.17, 15) is 9.59 Å². The number of aromatic amines is 1. The Kier molecular flexibility index (Phi) is 3.89. The van der Waals surface area contributed by atoms with Crippen LogP contribution in [0.4, 0.5) is 0 Å². The first-order valence-electron chi connectivity index (χ1n) is 8.68. The standard InChI is InChI=1S/C19H21NO5/c1-3-23-18(22)15-10-16(21)13-8-12(11-4-5-11)9-14(17(13)20-15)19(2)24-6-7-25-19/h8-11H,3-7H2,1-2H3,(H,20,21). The molecule has 2 aromatic rings. The molecule has 1 aliphatic heterocycles. The first-order valence-corrected chi connectivity index (χ1v) is 8.68. The van der Waals surface area contributed by atoms with E-state index in [-0.39, 0.29) is 17.7 Å². The van der Waals surface area contributed by atoms with E-state index in [4.69, 9.17) is 14.2 Å². The average Bonchev–Trinajstić information content (AvgIpc) is 3.35. The van der Waals surface area contributed by atoms with Gasteiger partial charge in [0.1, 0.15) is 5.69 Å². The van der Waals surface area contributed by atoms with Crippen LogP contribution in [0, 0.1) is 0 Å². The van der Waals surface area contributed by atoms with Gasteiger partial charge in [0.15, 0.2) is 11.2 Å². The molecular formula is C19H21NO5. The number of esters is 1. The van der Waals surface area contributed by atoms with Crippen LogP contribution in [0.25, 0.3) is 10.9 Å². The molecular weight excluding hydrogens is 322 g/mol. The molecule has 1 aliphatic carbocycles. The third-order valence-corrected chi connectivity index (χ3v) is 4.83. The van der Waals surface area contributed by atoms with E-state index in [2.05, 4.69) is 4.98 Å². The number of benzene rings is 1. The molecule has 4 rings (SSSR count). The molecule has 1 saturated heterocycles. The predicted octanol–water partition coefficient (Wildman–Crippen LogP) is 2.80. The van der Waals surface area contributed by atoms with Gasteiger partial charge in [0.25, 0.3) is 0 Å². The molecule has 1 saturated carbocycles. The minimum Gasteiger partial charge on any atom is -0.461 e. The van der Waals surface area contributed by atoms with Crippen LogP contribution < -0.4 is 5.43 Å². The lowest BCUT2D eigenvalue weighted by atomic mass is 9.97. The fraction of sp³-hybridized carbons (Fsp3) is 0.474. The lowest BCUT2D eigenvalue weighted by molar-refractivity contribution is -0.148. The molecule has 1 aromatic heterocycles. The molecule has 2 aliphatic rings. The number of H-pyrrole nitrogens is 1. The zero-order valence-electron chi connectivity index (χ0n) is 14.4. The van der Waals surface area contributed by atoms with Crippen LogP contribution in [-0.4, -0.2) is 30.8 Å². The van der Waals surface area contributed by atoms with Crippen molar-refractivity contribution < 1.29 is 19.0 Å². The Balaban J connectivity index is 1.95. The zero-order valence-corrected chi connectivity index (χ0v) is 14.4. The van der Waals surface area contributed by atoms with Crippen LogP contribution in [0.1, 0.15) is 54.2 Å². The number of nitrogens with one attached hydrogen (secondary N) is 1. The van der Waals surface area contributed by atoms with Gasteiger partial charge in [-0.15, -0.1) is 0 Å². The number of hydrogen-bond donors (Lipinski definition) is 1. The summed E-state index contributed by atoms with van der Waals surface area (Å²) < 4.78 is 16.7. The number of aromatic nitrogens is 1. The van der Waals surface area contributed by atoms with Crippen molar-refractivity contribution in [1.29, 1.82) is 0 Å². The summed E-state index contributed by atoms with van der Waals surface area (Å²) >= 11 is 0. The number of hydrogen-bond acceptors (Lipinski definition) is 5. The van der Waals surface area contributed by atoms with Crippen molar-refractivity contribution in [1.82, 2.24) is 4.98 Å². The molecule has 132 valence electrons. The number of fused-ring (bicyclic) bond motifs is 1. The summed E-state index contributed by atoms with van der Waals surface area (Å²) in [5, 5.41) is 0.549. The van der Waals surface area contributed by atoms with E-state index < -0.39 is 11.8 Å². The minimum atomic E-state index is -0.931. The number of carbonyl (C=O) groups excluding carboxylic acids is 1. The quantitative estimate of drug-likeness (QED) is 0.864. The van der Waals surface area contributed by atoms with Crippen molar-refractivity contribution in [2.24, 2.45) is 0 Å². The second-order valence-electron chi connectivity index (χ2n) is 6.68. The molecule has 0 radical (unpaired) electrons. The normalized spacial score (nSPS) is 19.3. The van der Waals surface area contributed by atoms with Crippen LogP contribution >= 0.6 is 0 Å². The van der Waals surface area contributed by atoms with Gasteiger partial charge in [-0.05, 0) is 50.3 Å². The Morgan fingerprint density at radius 1 is 1.28 bits per heavy atom. The summed E-state index contributed by atoms with van der Waals surface area (Å²) in [6.45, 7) is 4.81. The van der Waals surface area contributed by atoms with Crippen molar-refractivity contribution in [2.45, 2.75) is 38.4 Å². The van der Waals surface area contributed by atoms with Crippen LogP contribution in [0.15, 0.2) is 23.0 Å². The summed E-state index contributed by atoms with van der Waals surface area (Å²) in [5.41, 5.74) is 2.39. The van der Waals surface area contributed by atoms with Crippen LogP contribution in [0.5, 0.6) is 0 Å². The van der Waals surface area contributed by atoms with Gasteiger partial charge in [0.05, 0.1) is 25.3 Å². The lowest BCUT2D eigenvalue weighted by Gasteiger charge is -2.25. The molecule has 25 heavy (non-hydrogen) atoms. The molecule has 0 amide bonds. The van der Waals surface area contributed by atoms with E-state index in [1.165, 1.54) is 6.07 Å². The molecule has 0 unspecified atom stereocenters. The van der Waals surface area contributed by atoms with E-state index in [1.807, 2.05) is 19.1 Å². The molecule has 0 bridgehead atoms. The Labute approximate surface area is 145 Å². The van der Waals surface area contributed by atoms with Gasteiger partial charge in [-0.3, -0.25) is 4.79 Å². The molecule has 1 aromatic carbocycles. The number of carbonyl (C=O) groups is 1. The van der Waals surface area contributed by atoms with E-state index in [0.29, 0.717) is 30.0 Å². The largest absolute Gasteiger partial charge is 0.461 e. The highest BCUT2D eigenvalue weighted by atomic mass is 16.7. The van der Waals surface area contributed by atoms with E-state index >= 15 is 0 Å². The molecule has 1 N–H and O–H groups in total. The van der Waals surface area contributed by atoms with Crippen molar-refractivity contribution >= 4 is 16.9 Å². The summed E-state index contributed by atoms with van der Waals surface area (Å²) in [5.74, 6) is -0.992. The number of rotatable bonds is 4. The van der Waals surface area contributed by atoms with Crippen LogP contribution in [0.3, 0.4) is 0 Å². The Hall–Kier alpha value is -2.18. The third-order valence-electron chi connectivity index (χ3n) is 4.83. The smallest absolute Gasteiger partial charge is 0.354 e. The topological polar surface area (TPSA) is 77.6 Å². The maximum absolute atomic E-state index is 12.7. The zero-order chi connectivity index (χ0) is 17.6. The second kappa shape index (κ2) is 5.97. The van der Waals surface area contributed by atoms with Gasteiger partial charge in [-0.1, -0.05) is 0 Å². The molecule has 6 nitrogen and oxygen atoms in total. The highest BCUT2D eigenvalue weighted by Crippen LogP contribution is 2.43. The third kappa shape index (κ3) is 2.85. The fourth-order valence-electron chi connectivity index (χ4n) is 3.37. The van der Waals surface area contributed by atoms with Gasteiger partial charge in [0, 0.05) is 17.0 Å². The minimum absolute atomic E-state index is 0.140. The summed E-state index contributed by atoms with van der Waals surface area (Å²) in [4.78, 5) is 27.8. The van der Waals surface area contributed by atoms with Gasteiger partial charge in [-0.25, -0.2) is 4.79 Å². The Bertz CT molecular complexity index is 891. The van der Waals surface area contributed by atoms with Crippen molar-refractivity contribution in [3.05, 3.63) is 45.2 Å².